The Kier molecular flexibility index (Phi) is 4.30. The predicted octanol–water partition coefficient (Wildman–Crippen LogP) is 3.40. The van der Waals surface area contributed by atoms with Gasteiger partial charge in [-0.15, -0.1) is 0 Å². The Bertz CT molecular complexity index is 711. The normalized spacial score (nSPS) is 10.4. The van der Waals surface area contributed by atoms with Gasteiger partial charge in [-0.3, -0.25) is 0 Å². The zero-order valence-corrected chi connectivity index (χ0v) is 13.1. The van der Waals surface area contributed by atoms with E-state index in [0.29, 0.717) is 16.5 Å². The number of aromatic nitrogens is 2. The van der Waals surface area contributed by atoms with Crippen LogP contribution in [0.4, 0.5) is 4.39 Å². The van der Waals surface area contributed by atoms with Gasteiger partial charge in [0.25, 0.3) is 0 Å². The number of hydrogen-bond acceptors (Lipinski definition) is 2. The summed E-state index contributed by atoms with van der Waals surface area (Å²) in [5, 5.41) is 1.75. The van der Waals surface area contributed by atoms with E-state index in [-0.39, 0.29) is 20.1 Å². The second kappa shape index (κ2) is 5.78. The molecule has 0 saturated carbocycles. The zero-order chi connectivity index (χ0) is 12.5. The molecule has 3 rings (SSSR count). The fourth-order valence-electron chi connectivity index (χ4n) is 2.03. The van der Waals surface area contributed by atoms with Crippen LogP contribution in [0.1, 0.15) is 5.69 Å². The maximum atomic E-state index is 12.7. The summed E-state index contributed by atoms with van der Waals surface area (Å²) in [5.41, 5.74) is 1.41. The first-order valence-corrected chi connectivity index (χ1v) is 6.00. The number of benzene rings is 1. The molecule has 0 aliphatic carbocycles. The van der Waals surface area contributed by atoms with E-state index in [0.717, 1.165) is 10.9 Å². The van der Waals surface area contributed by atoms with E-state index < -0.39 is 6.67 Å². The first-order chi connectivity index (χ1) is 8.79. The van der Waals surface area contributed by atoms with Gasteiger partial charge in [-0.2, -0.15) is 0 Å². The third-order valence-corrected chi connectivity index (χ3v) is 3.14. The van der Waals surface area contributed by atoms with Crippen LogP contribution in [-0.4, -0.2) is 9.55 Å². The molecule has 1 radical (unpaired) electrons. The minimum atomic E-state index is -0.570. The first kappa shape index (κ1) is 14.1. The average Bonchev–Trinajstić information content (AvgIpc) is 2.74. The topological polar surface area (TPSA) is 17.8 Å². The SMILES string of the molecule is FCc1cccc(-n2c([S-])cc3ccccc32)n1.[Ir]. The van der Waals surface area contributed by atoms with Gasteiger partial charge in [0.1, 0.15) is 12.5 Å². The second-order valence-electron chi connectivity index (χ2n) is 4.00. The first-order valence-electron chi connectivity index (χ1n) is 5.59. The Morgan fingerprint density at radius 3 is 2.68 bits per heavy atom. The number of fused-ring (bicyclic) bond motifs is 1. The van der Waals surface area contributed by atoms with Gasteiger partial charge in [-0.25, -0.2) is 9.37 Å². The van der Waals surface area contributed by atoms with Crippen molar-refractivity contribution in [2.75, 3.05) is 0 Å². The van der Waals surface area contributed by atoms with Crippen LogP contribution in [0, 0.1) is 0 Å². The average molecular weight is 450 g/mol. The fourth-order valence-corrected chi connectivity index (χ4v) is 2.35. The minimum absolute atomic E-state index is 0. The number of halogens is 1. The molecule has 0 fully saturated rings. The van der Waals surface area contributed by atoms with Crippen LogP contribution in [-0.2, 0) is 39.4 Å². The van der Waals surface area contributed by atoms with Crippen LogP contribution in [0.15, 0.2) is 53.6 Å². The maximum absolute atomic E-state index is 12.7. The predicted molar refractivity (Wildman–Crippen MR) is 71.5 cm³/mol. The third-order valence-electron chi connectivity index (χ3n) is 2.84. The molecule has 2 heterocycles. The second-order valence-corrected chi connectivity index (χ2v) is 4.42. The molecule has 0 bridgehead atoms. The molecule has 0 atom stereocenters. The Balaban J connectivity index is 0.00000133. The molecule has 0 amide bonds. The van der Waals surface area contributed by atoms with Gasteiger partial charge in [0.15, 0.2) is 0 Å². The molecule has 99 valence electrons. The van der Waals surface area contributed by atoms with Crippen LogP contribution in [0.2, 0.25) is 0 Å². The standard InChI is InChI=1S/C14H11FN2S.Ir/c15-9-11-5-3-7-13(16-11)17-12-6-2-1-4-10(12)8-14(17)18;/h1-8,18H,9H2;/p-1. The van der Waals surface area contributed by atoms with Crippen molar-refractivity contribution < 1.29 is 24.5 Å². The molecular formula is C14H10FIrN2S-. The van der Waals surface area contributed by atoms with Crippen molar-refractivity contribution in [3.63, 3.8) is 0 Å². The Hall–Kier alpha value is -1.29. The molecular weight excluding hydrogens is 439 g/mol. The van der Waals surface area contributed by atoms with E-state index in [1.54, 1.807) is 12.1 Å². The van der Waals surface area contributed by atoms with Crippen molar-refractivity contribution in [1.29, 1.82) is 0 Å². The van der Waals surface area contributed by atoms with Crippen molar-refractivity contribution in [1.82, 2.24) is 9.55 Å². The largest absolute Gasteiger partial charge is 0.762 e. The van der Waals surface area contributed by atoms with Crippen LogP contribution in [0.5, 0.6) is 0 Å². The van der Waals surface area contributed by atoms with Gasteiger partial charge in [0, 0.05) is 20.1 Å². The molecule has 0 saturated heterocycles. The summed E-state index contributed by atoms with van der Waals surface area (Å²) >= 11 is 5.34. The van der Waals surface area contributed by atoms with Crippen molar-refractivity contribution >= 4 is 23.5 Å². The molecule has 0 aliphatic rings. The Morgan fingerprint density at radius 2 is 1.89 bits per heavy atom. The molecule has 5 heteroatoms. The van der Waals surface area contributed by atoms with Crippen LogP contribution >= 0.6 is 0 Å². The molecule has 3 aromatic rings. The number of para-hydroxylation sites is 1. The van der Waals surface area contributed by atoms with E-state index in [4.69, 9.17) is 12.6 Å². The molecule has 2 aromatic heterocycles. The molecule has 0 spiro atoms. The number of alkyl halides is 1. The van der Waals surface area contributed by atoms with Gasteiger partial charge >= 0.3 is 0 Å². The summed E-state index contributed by atoms with van der Waals surface area (Å²) in [4.78, 5) is 4.27. The van der Waals surface area contributed by atoms with Gasteiger partial charge in [-0.1, -0.05) is 35.4 Å². The summed E-state index contributed by atoms with van der Waals surface area (Å²) in [6, 6.07) is 15.1. The maximum Gasteiger partial charge on any atom is 0.136 e. The number of pyridine rings is 1. The van der Waals surface area contributed by atoms with E-state index in [1.165, 1.54) is 0 Å². The van der Waals surface area contributed by atoms with Crippen LogP contribution in [0.3, 0.4) is 0 Å². The van der Waals surface area contributed by atoms with Gasteiger partial charge in [0.05, 0.1) is 11.2 Å². The smallest absolute Gasteiger partial charge is 0.136 e. The van der Waals surface area contributed by atoms with Crippen molar-refractivity contribution in [3.05, 3.63) is 54.2 Å². The van der Waals surface area contributed by atoms with Gasteiger partial charge < -0.3 is 17.2 Å². The quantitative estimate of drug-likeness (QED) is 0.559. The molecule has 0 aliphatic heterocycles. The van der Waals surface area contributed by atoms with Crippen molar-refractivity contribution in [2.24, 2.45) is 0 Å². The summed E-state index contributed by atoms with van der Waals surface area (Å²) in [6.45, 7) is -0.570. The summed E-state index contributed by atoms with van der Waals surface area (Å²) in [6.07, 6.45) is 0. The van der Waals surface area contributed by atoms with Crippen molar-refractivity contribution in [3.8, 4) is 5.82 Å². The monoisotopic (exact) mass is 450 g/mol. The molecule has 0 unspecified atom stereocenters. The van der Waals surface area contributed by atoms with E-state index in [2.05, 4.69) is 4.98 Å². The third kappa shape index (κ3) is 2.54. The van der Waals surface area contributed by atoms with E-state index in [1.807, 2.05) is 41.0 Å². The minimum Gasteiger partial charge on any atom is -0.762 e. The fraction of sp³-hybridized carbons (Fsp3) is 0.0714. The Morgan fingerprint density at radius 1 is 1.11 bits per heavy atom. The zero-order valence-electron chi connectivity index (χ0n) is 9.84. The Labute approximate surface area is 129 Å². The van der Waals surface area contributed by atoms with E-state index in [9.17, 15) is 4.39 Å². The van der Waals surface area contributed by atoms with Crippen molar-refractivity contribution in [2.45, 2.75) is 11.7 Å². The molecule has 2 nitrogen and oxygen atoms in total. The van der Waals surface area contributed by atoms with E-state index >= 15 is 0 Å². The van der Waals surface area contributed by atoms with Crippen LogP contribution in [0.25, 0.3) is 16.7 Å². The van der Waals surface area contributed by atoms with Crippen LogP contribution < -0.4 is 0 Å². The summed E-state index contributed by atoms with van der Waals surface area (Å²) in [5.74, 6) is 0.663. The number of hydrogen-bond donors (Lipinski definition) is 0. The molecule has 19 heavy (non-hydrogen) atoms. The summed E-state index contributed by atoms with van der Waals surface area (Å²) in [7, 11) is 0. The van der Waals surface area contributed by atoms with Gasteiger partial charge in [0.2, 0.25) is 0 Å². The summed E-state index contributed by atoms with van der Waals surface area (Å²) < 4.78 is 14.5. The molecule has 0 N–H and O–H groups in total. The number of rotatable bonds is 2. The number of nitrogens with zero attached hydrogens (tertiary/aromatic N) is 2. The van der Waals surface area contributed by atoms with Gasteiger partial charge in [-0.05, 0) is 23.6 Å². The molecule has 1 aromatic carbocycles.